The molecule has 2 aromatic heterocycles. The second kappa shape index (κ2) is 13.4. The zero-order chi connectivity index (χ0) is 31.5. The van der Waals surface area contributed by atoms with Crippen LogP contribution in [0.4, 0.5) is 5.82 Å². The number of pyridine rings is 2. The third-order valence-electron chi connectivity index (χ3n) is 9.42. The molecular weight excluding hydrogens is 586 g/mol. The van der Waals surface area contributed by atoms with Gasteiger partial charge in [-0.05, 0) is 41.7 Å². The highest BCUT2D eigenvalue weighted by Crippen LogP contribution is 2.46. The van der Waals surface area contributed by atoms with E-state index in [1.165, 1.54) is 0 Å². The van der Waals surface area contributed by atoms with Gasteiger partial charge in [-0.2, -0.15) is 0 Å². The molecule has 7 bridgehead atoms. The summed E-state index contributed by atoms with van der Waals surface area (Å²) in [6, 6.07) is 13.5. The maximum absolute atomic E-state index is 13.7. The molecule has 0 saturated carbocycles. The maximum atomic E-state index is 13.7. The van der Waals surface area contributed by atoms with Crippen molar-refractivity contribution >= 4 is 23.7 Å². The number of nitrogens with zero attached hydrogens (tertiary/aromatic N) is 3. The summed E-state index contributed by atoms with van der Waals surface area (Å²) in [6.07, 6.45) is 7.56. The smallest absolute Gasteiger partial charge is 0.239 e. The van der Waals surface area contributed by atoms with Gasteiger partial charge in [0.05, 0.1) is 51.1 Å². The summed E-state index contributed by atoms with van der Waals surface area (Å²) in [5.41, 5.74) is 4.33. The lowest BCUT2D eigenvalue weighted by Gasteiger charge is -2.38. The molecule has 240 valence electrons. The van der Waals surface area contributed by atoms with E-state index in [0.717, 1.165) is 27.9 Å². The Morgan fingerprint density at radius 2 is 1.72 bits per heavy atom. The monoisotopic (exact) mass is 625 g/mol. The Morgan fingerprint density at radius 3 is 2.57 bits per heavy atom. The maximum Gasteiger partial charge on any atom is 0.239 e. The molecule has 1 spiro atoms. The van der Waals surface area contributed by atoms with Crippen molar-refractivity contribution in [2.75, 3.05) is 58.0 Å². The molecule has 1 fully saturated rings. The van der Waals surface area contributed by atoms with Crippen molar-refractivity contribution in [1.29, 1.82) is 0 Å². The minimum absolute atomic E-state index is 0.0713. The van der Waals surface area contributed by atoms with Gasteiger partial charge in [-0.25, -0.2) is 4.98 Å². The number of carbonyl (C=O) groups is 2. The standard InChI is InChI=1S/C35H39N5O6/c41-32-26-16-25-18-35(19-30(25)36-21-26)28-15-23(20-37-31(28)39-34(35)43)5-4-9-44-11-13-46-14-12-45-10-8-40-22-27(17-29(38-32)33(40)42)24-6-2-1-3-7-24/h1-7,15-16,20-21,27,29,32,38,41H,8-14,17-19,22H2,(H,37,39,43)/b5-4+/t27?,29?,32?,35-/m0/s1. The Labute approximate surface area is 268 Å². The summed E-state index contributed by atoms with van der Waals surface area (Å²) in [7, 11) is 0. The van der Waals surface area contributed by atoms with Crippen molar-refractivity contribution in [3.63, 3.8) is 0 Å². The number of hydrogen-bond donors (Lipinski definition) is 3. The fourth-order valence-electron chi connectivity index (χ4n) is 7.01. The fraction of sp³-hybridized carbons (Fsp3) is 0.429. The van der Waals surface area contributed by atoms with Crippen molar-refractivity contribution in [2.24, 2.45) is 0 Å². The van der Waals surface area contributed by atoms with Crippen molar-refractivity contribution in [2.45, 2.75) is 42.9 Å². The SMILES string of the molecule is O=C1C2CC(c3ccccc3)CN1CCOCCOCCOC/C=C/c1cnc3c(c1)[C@@]1(Cc4cc(cnc4C1)C(O)N2)C(=O)N3. The molecule has 4 aliphatic rings. The average molecular weight is 626 g/mol. The minimum Gasteiger partial charge on any atom is -0.377 e. The van der Waals surface area contributed by atoms with Gasteiger partial charge in [0.2, 0.25) is 11.8 Å². The van der Waals surface area contributed by atoms with Gasteiger partial charge in [-0.1, -0.05) is 42.5 Å². The Morgan fingerprint density at radius 1 is 0.913 bits per heavy atom. The number of carbonyl (C=O) groups excluding carboxylic acids is 2. The molecule has 7 rings (SSSR count). The number of benzene rings is 1. The van der Waals surface area contributed by atoms with Gasteiger partial charge in [-0.3, -0.25) is 19.9 Å². The summed E-state index contributed by atoms with van der Waals surface area (Å²) in [5.74, 6) is 0.498. The van der Waals surface area contributed by atoms with Crippen LogP contribution >= 0.6 is 0 Å². The van der Waals surface area contributed by atoms with Gasteiger partial charge in [0.15, 0.2) is 0 Å². The summed E-state index contributed by atoms with van der Waals surface area (Å²) >= 11 is 0. The molecule has 46 heavy (non-hydrogen) atoms. The number of hydrogen-bond acceptors (Lipinski definition) is 9. The summed E-state index contributed by atoms with van der Waals surface area (Å²) in [5, 5.41) is 17.6. The molecule has 3 N–H and O–H groups in total. The van der Waals surface area contributed by atoms with Gasteiger partial charge < -0.3 is 29.5 Å². The molecule has 11 heteroatoms. The van der Waals surface area contributed by atoms with E-state index >= 15 is 0 Å². The number of aliphatic hydroxyl groups excluding tert-OH is 1. The number of anilines is 1. The Bertz CT molecular complexity index is 1620. The van der Waals surface area contributed by atoms with Crippen LogP contribution in [0.15, 0.2) is 60.9 Å². The summed E-state index contributed by atoms with van der Waals surface area (Å²) in [6.45, 7) is 3.56. The first-order valence-electron chi connectivity index (χ1n) is 16.0. The quantitative estimate of drug-likeness (QED) is 0.373. The molecule has 1 aromatic carbocycles. The molecular formula is C35H39N5O6. The highest BCUT2D eigenvalue weighted by atomic mass is 16.5. The van der Waals surface area contributed by atoms with Crippen LogP contribution in [0.2, 0.25) is 0 Å². The first kappa shape index (κ1) is 30.6. The van der Waals surface area contributed by atoms with E-state index in [9.17, 15) is 14.7 Å². The van der Waals surface area contributed by atoms with Gasteiger partial charge in [0.25, 0.3) is 0 Å². The number of ether oxygens (including phenoxy) is 3. The molecule has 3 unspecified atom stereocenters. The van der Waals surface area contributed by atoms with Crippen LogP contribution in [0.25, 0.3) is 6.08 Å². The Balaban J connectivity index is 1.15. The van der Waals surface area contributed by atoms with E-state index < -0.39 is 17.7 Å². The van der Waals surface area contributed by atoms with Crippen LogP contribution < -0.4 is 10.6 Å². The largest absolute Gasteiger partial charge is 0.377 e. The number of nitrogens with one attached hydrogen (secondary N) is 2. The van der Waals surface area contributed by atoms with Gasteiger partial charge in [0, 0.05) is 54.6 Å². The van der Waals surface area contributed by atoms with Crippen LogP contribution in [-0.2, 0) is 42.1 Å². The summed E-state index contributed by atoms with van der Waals surface area (Å²) in [4.78, 5) is 38.2. The molecule has 4 atom stereocenters. The Kier molecular flexibility index (Phi) is 8.92. The number of amides is 2. The van der Waals surface area contributed by atoms with Crippen LogP contribution in [0.3, 0.4) is 0 Å². The van der Waals surface area contributed by atoms with E-state index in [1.54, 1.807) is 12.4 Å². The summed E-state index contributed by atoms with van der Waals surface area (Å²) < 4.78 is 17.1. The normalized spacial score (nSPS) is 27.9. The molecule has 3 aliphatic heterocycles. The van der Waals surface area contributed by atoms with E-state index in [-0.39, 0.29) is 17.7 Å². The van der Waals surface area contributed by atoms with Crippen molar-refractivity contribution in [3.8, 4) is 0 Å². The molecule has 5 heterocycles. The first-order valence-corrected chi connectivity index (χ1v) is 16.0. The van der Waals surface area contributed by atoms with Crippen LogP contribution in [-0.4, -0.2) is 90.6 Å². The molecule has 1 aliphatic carbocycles. The van der Waals surface area contributed by atoms with Crippen LogP contribution in [0, 0.1) is 0 Å². The second-order valence-electron chi connectivity index (χ2n) is 12.4. The minimum atomic E-state index is -1.12. The zero-order valence-electron chi connectivity index (χ0n) is 25.7. The average Bonchev–Trinajstić information content (AvgIpc) is 3.59. The molecule has 11 nitrogen and oxygen atoms in total. The number of fused-ring (bicyclic) bond motifs is 4. The van der Waals surface area contributed by atoms with Crippen LogP contribution in [0.1, 0.15) is 52.1 Å². The highest BCUT2D eigenvalue weighted by molar-refractivity contribution is 6.06. The van der Waals surface area contributed by atoms with E-state index in [0.29, 0.717) is 83.4 Å². The van der Waals surface area contributed by atoms with E-state index in [4.69, 9.17) is 19.2 Å². The lowest BCUT2D eigenvalue weighted by atomic mass is 9.79. The molecule has 0 radical (unpaired) electrons. The van der Waals surface area contributed by atoms with Crippen molar-refractivity contribution in [1.82, 2.24) is 20.2 Å². The van der Waals surface area contributed by atoms with Crippen molar-refractivity contribution in [3.05, 3.63) is 94.4 Å². The van der Waals surface area contributed by atoms with Crippen molar-refractivity contribution < 1.29 is 28.9 Å². The molecule has 3 aromatic rings. The second-order valence-corrected chi connectivity index (χ2v) is 12.4. The van der Waals surface area contributed by atoms with Gasteiger partial charge in [0.1, 0.15) is 12.0 Å². The van der Waals surface area contributed by atoms with Gasteiger partial charge >= 0.3 is 0 Å². The molecule has 1 saturated heterocycles. The molecule has 2 amide bonds. The number of aromatic nitrogens is 2. The van der Waals surface area contributed by atoms with Crippen LogP contribution in [0.5, 0.6) is 0 Å². The fourth-order valence-corrected chi connectivity index (χ4v) is 7.01. The first-order chi connectivity index (χ1) is 22.5. The number of aliphatic hydroxyl groups is 1. The zero-order valence-corrected chi connectivity index (χ0v) is 25.7. The third-order valence-corrected chi connectivity index (χ3v) is 9.42. The number of piperidine rings is 1. The predicted molar refractivity (Wildman–Crippen MR) is 170 cm³/mol. The highest BCUT2D eigenvalue weighted by Gasteiger charge is 2.52. The Hall–Kier alpha value is -4.00. The predicted octanol–water partition coefficient (Wildman–Crippen LogP) is 2.51. The van der Waals surface area contributed by atoms with E-state index in [1.807, 2.05) is 47.4 Å². The lowest BCUT2D eigenvalue weighted by Crippen LogP contribution is -2.54. The van der Waals surface area contributed by atoms with E-state index in [2.05, 4.69) is 27.8 Å². The van der Waals surface area contributed by atoms with Gasteiger partial charge in [-0.15, -0.1) is 0 Å². The number of rotatable bonds is 1. The topological polar surface area (TPSA) is 135 Å². The lowest BCUT2D eigenvalue weighted by molar-refractivity contribution is -0.138. The third kappa shape index (κ3) is 6.21.